The molecule has 0 bridgehead atoms. The van der Waals surface area contributed by atoms with Crippen molar-refractivity contribution >= 4 is 22.8 Å². The number of rotatable bonds is 5. The number of imidazole rings is 1. The summed E-state index contributed by atoms with van der Waals surface area (Å²) in [5.41, 5.74) is 2.06. The Morgan fingerprint density at radius 3 is 2.76 bits per heavy atom. The molecule has 1 fully saturated rings. The molecule has 1 aromatic carbocycles. The van der Waals surface area contributed by atoms with Gasteiger partial charge in [0.2, 0.25) is 5.91 Å². The zero-order chi connectivity index (χ0) is 20.2. The minimum Gasteiger partial charge on any atom is -0.343 e. The van der Waals surface area contributed by atoms with Gasteiger partial charge in [-0.2, -0.15) is 0 Å². The third kappa shape index (κ3) is 4.13. The Balaban J connectivity index is 1.56. The molecule has 3 aromatic rings. The molecule has 0 radical (unpaired) electrons. The molecule has 2 amide bonds. The standard InChI is InChI=1S/C22H25N5O2/c1-16-8-5-7-13-26(16)21(28)15-27-19-11-3-2-9-17(19)25-20(27)14-24-22(29)18-10-4-6-12-23-18/h2-4,6,9-12,16H,5,7-8,13-15H2,1H3,(H,24,29). The molecule has 3 heterocycles. The summed E-state index contributed by atoms with van der Waals surface area (Å²) >= 11 is 0. The van der Waals surface area contributed by atoms with Crippen LogP contribution in [0.4, 0.5) is 0 Å². The van der Waals surface area contributed by atoms with Crippen molar-refractivity contribution in [2.24, 2.45) is 0 Å². The molecule has 0 aliphatic carbocycles. The summed E-state index contributed by atoms with van der Waals surface area (Å²) in [4.78, 5) is 36.1. The number of nitrogens with zero attached hydrogens (tertiary/aromatic N) is 4. The Bertz CT molecular complexity index is 1010. The Kier molecular flexibility index (Phi) is 5.55. The van der Waals surface area contributed by atoms with Crippen LogP contribution in [0.25, 0.3) is 11.0 Å². The predicted octanol–water partition coefficient (Wildman–Crippen LogP) is 2.76. The number of nitrogens with one attached hydrogen (secondary N) is 1. The molecule has 1 aliphatic heterocycles. The molecule has 1 atom stereocenters. The van der Waals surface area contributed by atoms with Crippen LogP contribution >= 0.6 is 0 Å². The molecule has 1 N–H and O–H groups in total. The highest BCUT2D eigenvalue weighted by molar-refractivity contribution is 5.92. The van der Waals surface area contributed by atoms with Gasteiger partial charge in [0.05, 0.1) is 17.6 Å². The molecule has 29 heavy (non-hydrogen) atoms. The lowest BCUT2D eigenvalue weighted by Crippen LogP contribution is -2.43. The number of likely N-dealkylation sites (tertiary alicyclic amines) is 1. The van der Waals surface area contributed by atoms with Crippen LogP contribution in [0.2, 0.25) is 0 Å². The van der Waals surface area contributed by atoms with E-state index < -0.39 is 0 Å². The molecule has 0 saturated carbocycles. The monoisotopic (exact) mass is 391 g/mol. The van der Waals surface area contributed by atoms with Gasteiger partial charge in [0.25, 0.3) is 5.91 Å². The van der Waals surface area contributed by atoms with Crippen LogP contribution < -0.4 is 5.32 Å². The van der Waals surface area contributed by atoms with E-state index in [0.717, 1.165) is 30.4 Å². The molecule has 2 aromatic heterocycles. The van der Waals surface area contributed by atoms with Crippen molar-refractivity contribution in [3.05, 3.63) is 60.2 Å². The molecular formula is C22H25N5O2. The van der Waals surface area contributed by atoms with E-state index in [1.807, 2.05) is 33.7 Å². The van der Waals surface area contributed by atoms with E-state index >= 15 is 0 Å². The normalized spacial score (nSPS) is 16.7. The number of piperidine rings is 1. The quantitative estimate of drug-likeness (QED) is 0.725. The van der Waals surface area contributed by atoms with Crippen molar-refractivity contribution < 1.29 is 9.59 Å². The zero-order valence-electron chi connectivity index (χ0n) is 16.5. The van der Waals surface area contributed by atoms with Crippen LogP contribution in [0.15, 0.2) is 48.7 Å². The summed E-state index contributed by atoms with van der Waals surface area (Å²) in [5.74, 6) is 0.492. The van der Waals surface area contributed by atoms with Crippen LogP contribution in [0.1, 0.15) is 42.5 Å². The second-order valence-electron chi connectivity index (χ2n) is 7.43. The van der Waals surface area contributed by atoms with Gasteiger partial charge in [-0.05, 0) is 50.5 Å². The number of aromatic nitrogens is 3. The van der Waals surface area contributed by atoms with Gasteiger partial charge in [-0.1, -0.05) is 18.2 Å². The highest BCUT2D eigenvalue weighted by Gasteiger charge is 2.24. The lowest BCUT2D eigenvalue weighted by atomic mass is 10.0. The predicted molar refractivity (Wildman–Crippen MR) is 110 cm³/mol. The lowest BCUT2D eigenvalue weighted by Gasteiger charge is -2.33. The smallest absolute Gasteiger partial charge is 0.270 e. The van der Waals surface area contributed by atoms with E-state index in [1.54, 1.807) is 24.4 Å². The summed E-state index contributed by atoms with van der Waals surface area (Å²) in [6, 6.07) is 13.2. The molecule has 150 valence electrons. The van der Waals surface area contributed by atoms with Crippen molar-refractivity contribution in [2.75, 3.05) is 6.54 Å². The first-order chi connectivity index (χ1) is 14.1. The number of amides is 2. The SMILES string of the molecule is CC1CCCCN1C(=O)Cn1c(CNC(=O)c2ccccn2)nc2ccccc21. The maximum atomic E-state index is 13.0. The molecule has 1 unspecified atom stereocenters. The maximum Gasteiger partial charge on any atom is 0.270 e. The van der Waals surface area contributed by atoms with Crippen molar-refractivity contribution in [1.29, 1.82) is 0 Å². The Hall–Kier alpha value is -3.22. The average molecular weight is 391 g/mol. The highest BCUT2D eigenvalue weighted by atomic mass is 16.2. The van der Waals surface area contributed by atoms with Crippen molar-refractivity contribution in [2.45, 2.75) is 45.3 Å². The second-order valence-corrected chi connectivity index (χ2v) is 7.43. The number of fused-ring (bicyclic) bond motifs is 1. The summed E-state index contributed by atoms with van der Waals surface area (Å²) in [7, 11) is 0. The third-order valence-corrected chi connectivity index (χ3v) is 5.45. The summed E-state index contributed by atoms with van der Waals surface area (Å²) < 4.78 is 1.91. The molecule has 0 spiro atoms. The number of carbonyl (C=O) groups is 2. The van der Waals surface area contributed by atoms with E-state index in [2.05, 4.69) is 22.2 Å². The first kappa shape index (κ1) is 19.1. The number of para-hydroxylation sites is 2. The average Bonchev–Trinajstić information content (AvgIpc) is 3.10. The topological polar surface area (TPSA) is 80.1 Å². The minimum absolute atomic E-state index is 0.0951. The molecular weight excluding hydrogens is 366 g/mol. The van der Waals surface area contributed by atoms with Gasteiger partial charge < -0.3 is 14.8 Å². The number of carbonyl (C=O) groups excluding carboxylic acids is 2. The summed E-state index contributed by atoms with van der Waals surface area (Å²) in [6.07, 6.45) is 4.85. The van der Waals surface area contributed by atoms with Gasteiger partial charge in [-0.3, -0.25) is 14.6 Å². The lowest BCUT2D eigenvalue weighted by molar-refractivity contribution is -0.135. The van der Waals surface area contributed by atoms with Crippen LogP contribution in [-0.2, 0) is 17.9 Å². The second kappa shape index (κ2) is 8.43. The number of hydrogen-bond acceptors (Lipinski definition) is 4. The van der Waals surface area contributed by atoms with Gasteiger partial charge in [0, 0.05) is 18.8 Å². The first-order valence-electron chi connectivity index (χ1n) is 10.1. The highest BCUT2D eigenvalue weighted by Crippen LogP contribution is 2.20. The number of hydrogen-bond donors (Lipinski definition) is 1. The molecule has 1 saturated heterocycles. The van der Waals surface area contributed by atoms with Crippen LogP contribution in [0.3, 0.4) is 0 Å². The molecule has 7 heteroatoms. The van der Waals surface area contributed by atoms with E-state index in [1.165, 1.54) is 6.42 Å². The first-order valence-corrected chi connectivity index (χ1v) is 10.1. The van der Waals surface area contributed by atoms with Gasteiger partial charge in [0.15, 0.2) is 0 Å². The fraction of sp³-hybridized carbons (Fsp3) is 0.364. The van der Waals surface area contributed by atoms with E-state index in [4.69, 9.17) is 0 Å². The van der Waals surface area contributed by atoms with Crippen LogP contribution in [0.5, 0.6) is 0 Å². The Labute approximate surface area is 169 Å². The minimum atomic E-state index is -0.264. The zero-order valence-corrected chi connectivity index (χ0v) is 16.5. The molecule has 1 aliphatic rings. The van der Waals surface area contributed by atoms with Crippen molar-refractivity contribution in [3.8, 4) is 0 Å². The third-order valence-electron chi connectivity index (χ3n) is 5.45. The Morgan fingerprint density at radius 2 is 1.97 bits per heavy atom. The summed E-state index contributed by atoms with van der Waals surface area (Å²) in [6.45, 7) is 3.36. The van der Waals surface area contributed by atoms with E-state index in [9.17, 15) is 9.59 Å². The summed E-state index contributed by atoms with van der Waals surface area (Å²) in [5, 5.41) is 2.87. The van der Waals surface area contributed by atoms with Gasteiger partial charge >= 0.3 is 0 Å². The van der Waals surface area contributed by atoms with Crippen molar-refractivity contribution in [1.82, 2.24) is 24.8 Å². The maximum absolute atomic E-state index is 13.0. The fourth-order valence-electron chi connectivity index (χ4n) is 3.88. The number of benzene rings is 1. The van der Waals surface area contributed by atoms with E-state index in [0.29, 0.717) is 11.5 Å². The fourth-order valence-corrected chi connectivity index (χ4v) is 3.88. The van der Waals surface area contributed by atoms with Gasteiger partial charge in [0.1, 0.15) is 18.1 Å². The Morgan fingerprint density at radius 1 is 1.14 bits per heavy atom. The van der Waals surface area contributed by atoms with Crippen LogP contribution in [0, 0.1) is 0 Å². The van der Waals surface area contributed by atoms with Crippen molar-refractivity contribution in [3.63, 3.8) is 0 Å². The van der Waals surface area contributed by atoms with Gasteiger partial charge in [-0.15, -0.1) is 0 Å². The molecule has 4 rings (SSSR count). The van der Waals surface area contributed by atoms with Gasteiger partial charge in [-0.25, -0.2) is 4.98 Å². The molecule has 7 nitrogen and oxygen atoms in total. The number of pyridine rings is 1. The van der Waals surface area contributed by atoms with E-state index in [-0.39, 0.29) is 30.9 Å². The van der Waals surface area contributed by atoms with Crippen LogP contribution in [-0.4, -0.2) is 43.8 Å². The largest absolute Gasteiger partial charge is 0.343 e.